The molecule has 1 aliphatic rings. The van der Waals surface area contributed by atoms with E-state index in [9.17, 15) is 0 Å². The van der Waals surface area contributed by atoms with Crippen molar-refractivity contribution in [2.24, 2.45) is 5.92 Å². The Morgan fingerprint density at radius 3 is 2.87 bits per heavy atom. The molecule has 3 nitrogen and oxygen atoms in total. The number of hydrogen-bond acceptors (Lipinski definition) is 3. The Morgan fingerprint density at radius 2 is 2.20 bits per heavy atom. The van der Waals surface area contributed by atoms with Gasteiger partial charge in [0.05, 0.1) is 0 Å². The van der Waals surface area contributed by atoms with Crippen molar-refractivity contribution in [3.05, 3.63) is 24.4 Å². The van der Waals surface area contributed by atoms with Crippen LogP contribution >= 0.6 is 0 Å². The zero-order valence-electron chi connectivity index (χ0n) is 9.32. The molecule has 0 radical (unpaired) electrons. The van der Waals surface area contributed by atoms with Crippen molar-refractivity contribution in [1.29, 1.82) is 0 Å². The van der Waals surface area contributed by atoms with Crippen LogP contribution in [-0.4, -0.2) is 31.7 Å². The van der Waals surface area contributed by atoms with Gasteiger partial charge in [-0.15, -0.1) is 0 Å². The molecule has 1 aromatic rings. The van der Waals surface area contributed by atoms with E-state index in [0.29, 0.717) is 0 Å². The lowest BCUT2D eigenvalue weighted by Gasteiger charge is -2.28. The minimum atomic E-state index is 0.818. The third kappa shape index (κ3) is 2.93. The fourth-order valence-corrected chi connectivity index (χ4v) is 2.12. The summed E-state index contributed by atoms with van der Waals surface area (Å²) in [6.07, 6.45) is 4.43. The fourth-order valence-electron chi connectivity index (χ4n) is 2.12. The number of anilines is 1. The van der Waals surface area contributed by atoms with Crippen molar-refractivity contribution in [1.82, 2.24) is 10.3 Å². The topological polar surface area (TPSA) is 28.2 Å². The second kappa shape index (κ2) is 5.12. The lowest BCUT2D eigenvalue weighted by Crippen LogP contribution is -2.34. The van der Waals surface area contributed by atoms with Crippen molar-refractivity contribution < 1.29 is 0 Å². The SMILES string of the molecule is CN(CC1CCNCC1)c1ccccn1. The normalized spacial score (nSPS) is 17.7. The van der Waals surface area contributed by atoms with Crippen LogP contribution in [0.15, 0.2) is 24.4 Å². The zero-order valence-corrected chi connectivity index (χ0v) is 9.32. The van der Waals surface area contributed by atoms with E-state index in [4.69, 9.17) is 0 Å². The first-order valence-corrected chi connectivity index (χ1v) is 5.69. The lowest BCUT2D eigenvalue weighted by molar-refractivity contribution is 0.377. The van der Waals surface area contributed by atoms with Crippen LogP contribution in [0.2, 0.25) is 0 Å². The summed E-state index contributed by atoms with van der Waals surface area (Å²) in [5.74, 6) is 1.90. The maximum Gasteiger partial charge on any atom is 0.128 e. The molecule has 2 heterocycles. The predicted octanol–water partition coefficient (Wildman–Crippen LogP) is 1.52. The standard InChI is InChI=1S/C12H19N3/c1-15(12-4-2-3-7-14-12)10-11-5-8-13-9-6-11/h2-4,7,11,13H,5-6,8-10H2,1H3. The van der Waals surface area contributed by atoms with E-state index < -0.39 is 0 Å². The number of nitrogens with one attached hydrogen (secondary N) is 1. The number of aromatic nitrogens is 1. The molecule has 0 spiro atoms. The molecule has 3 heteroatoms. The minimum Gasteiger partial charge on any atom is -0.359 e. The molecule has 0 saturated carbocycles. The molecule has 0 aliphatic carbocycles. The number of rotatable bonds is 3. The second-order valence-electron chi connectivity index (χ2n) is 4.26. The van der Waals surface area contributed by atoms with Crippen LogP contribution in [0.25, 0.3) is 0 Å². The first-order chi connectivity index (χ1) is 7.36. The van der Waals surface area contributed by atoms with Gasteiger partial charge in [-0.05, 0) is 44.0 Å². The average molecular weight is 205 g/mol. The summed E-state index contributed by atoms with van der Waals surface area (Å²) in [5, 5.41) is 3.39. The van der Waals surface area contributed by atoms with Crippen LogP contribution < -0.4 is 10.2 Å². The summed E-state index contributed by atoms with van der Waals surface area (Å²) < 4.78 is 0. The smallest absolute Gasteiger partial charge is 0.128 e. The highest BCUT2D eigenvalue weighted by atomic mass is 15.2. The van der Waals surface area contributed by atoms with Gasteiger partial charge in [-0.25, -0.2) is 4.98 Å². The van der Waals surface area contributed by atoms with Gasteiger partial charge in [-0.2, -0.15) is 0 Å². The molecule has 0 atom stereocenters. The Balaban J connectivity index is 1.88. The minimum absolute atomic E-state index is 0.818. The molecule has 2 rings (SSSR count). The molecule has 0 aromatic carbocycles. The largest absolute Gasteiger partial charge is 0.359 e. The Labute approximate surface area is 91.5 Å². The number of hydrogen-bond donors (Lipinski definition) is 1. The Bertz CT molecular complexity index is 280. The van der Waals surface area contributed by atoms with E-state index in [0.717, 1.165) is 18.3 Å². The van der Waals surface area contributed by atoms with Crippen LogP contribution in [0.1, 0.15) is 12.8 Å². The van der Waals surface area contributed by atoms with E-state index >= 15 is 0 Å². The quantitative estimate of drug-likeness (QED) is 0.811. The highest BCUT2D eigenvalue weighted by Crippen LogP contribution is 2.16. The van der Waals surface area contributed by atoms with E-state index in [1.54, 1.807) is 0 Å². The van der Waals surface area contributed by atoms with E-state index in [1.807, 2.05) is 18.3 Å². The van der Waals surface area contributed by atoms with Crippen LogP contribution in [0.5, 0.6) is 0 Å². The number of nitrogens with zero attached hydrogens (tertiary/aromatic N) is 2. The van der Waals surface area contributed by atoms with Crippen molar-refractivity contribution >= 4 is 5.82 Å². The van der Waals surface area contributed by atoms with Gasteiger partial charge in [-0.1, -0.05) is 6.07 Å². The third-order valence-electron chi connectivity index (χ3n) is 3.03. The Morgan fingerprint density at radius 1 is 1.40 bits per heavy atom. The van der Waals surface area contributed by atoms with E-state index in [1.165, 1.54) is 25.9 Å². The summed E-state index contributed by atoms with van der Waals surface area (Å²) in [7, 11) is 2.13. The molecule has 0 amide bonds. The van der Waals surface area contributed by atoms with Gasteiger partial charge >= 0.3 is 0 Å². The zero-order chi connectivity index (χ0) is 10.5. The monoisotopic (exact) mass is 205 g/mol. The Kier molecular flexibility index (Phi) is 3.56. The summed E-state index contributed by atoms with van der Waals surface area (Å²) in [4.78, 5) is 6.61. The maximum absolute atomic E-state index is 4.35. The molecule has 1 fully saturated rings. The van der Waals surface area contributed by atoms with Gasteiger partial charge < -0.3 is 10.2 Å². The molecule has 15 heavy (non-hydrogen) atoms. The highest BCUT2D eigenvalue weighted by molar-refractivity contribution is 5.36. The fraction of sp³-hybridized carbons (Fsp3) is 0.583. The second-order valence-corrected chi connectivity index (χ2v) is 4.26. The maximum atomic E-state index is 4.35. The van der Waals surface area contributed by atoms with Crippen LogP contribution in [0.3, 0.4) is 0 Å². The van der Waals surface area contributed by atoms with Gasteiger partial charge in [0, 0.05) is 19.8 Å². The molecule has 0 unspecified atom stereocenters. The van der Waals surface area contributed by atoms with Gasteiger partial charge in [0.1, 0.15) is 5.82 Å². The van der Waals surface area contributed by atoms with Crippen molar-refractivity contribution in [3.63, 3.8) is 0 Å². The van der Waals surface area contributed by atoms with Crippen molar-refractivity contribution in [3.8, 4) is 0 Å². The Hall–Kier alpha value is -1.09. The average Bonchev–Trinajstić information content (AvgIpc) is 2.31. The highest BCUT2D eigenvalue weighted by Gasteiger charge is 2.15. The van der Waals surface area contributed by atoms with Gasteiger partial charge in [0.2, 0.25) is 0 Å². The molecular weight excluding hydrogens is 186 g/mol. The molecule has 0 bridgehead atoms. The van der Waals surface area contributed by atoms with Crippen LogP contribution in [0.4, 0.5) is 5.82 Å². The number of piperidine rings is 1. The van der Waals surface area contributed by atoms with Crippen molar-refractivity contribution in [2.45, 2.75) is 12.8 Å². The van der Waals surface area contributed by atoms with Crippen LogP contribution in [0, 0.1) is 5.92 Å². The number of pyridine rings is 1. The first-order valence-electron chi connectivity index (χ1n) is 5.69. The summed E-state index contributed by atoms with van der Waals surface area (Å²) in [5.41, 5.74) is 0. The summed E-state index contributed by atoms with van der Waals surface area (Å²) in [6.45, 7) is 3.46. The predicted molar refractivity (Wildman–Crippen MR) is 63.1 cm³/mol. The third-order valence-corrected chi connectivity index (χ3v) is 3.03. The molecular formula is C12H19N3. The molecule has 1 aromatic heterocycles. The molecule has 1 N–H and O–H groups in total. The molecule has 1 saturated heterocycles. The first kappa shape index (κ1) is 10.4. The summed E-state index contributed by atoms with van der Waals surface area (Å²) in [6, 6.07) is 6.07. The van der Waals surface area contributed by atoms with Gasteiger partial charge in [-0.3, -0.25) is 0 Å². The van der Waals surface area contributed by atoms with Crippen LogP contribution in [-0.2, 0) is 0 Å². The van der Waals surface area contributed by atoms with Gasteiger partial charge in [0.15, 0.2) is 0 Å². The summed E-state index contributed by atoms with van der Waals surface area (Å²) >= 11 is 0. The lowest BCUT2D eigenvalue weighted by atomic mass is 9.98. The molecule has 82 valence electrons. The van der Waals surface area contributed by atoms with E-state index in [2.05, 4.69) is 28.3 Å². The van der Waals surface area contributed by atoms with Gasteiger partial charge in [0.25, 0.3) is 0 Å². The molecule has 1 aliphatic heterocycles. The van der Waals surface area contributed by atoms with E-state index in [-0.39, 0.29) is 0 Å². The van der Waals surface area contributed by atoms with Crippen molar-refractivity contribution in [2.75, 3.05) is 31.6 Å².